The highest BCUT2D eigenvalue weighted by molar-refractivity contribution is 7.45. The highest BCUT2D eigenvalue weighted by Crippen LogP contribution is 2.38. The lowest BCUT2D eigenvalue weighted by Crippen LogP contribution is -2.37. The molecule has 0 N–H and O–H groups in total. The van der Waals surface area contributed by atoms with Crippen molar-refractivity contribution in [2.24, 2.45) is 0 Å². The molecule has 75 heavy (non-hydrogen) atoms. The first-order valence-corrected chi connectivity index (χ1v) is 34.4. The Hall–Kier alpha value is -1.25. The second kappa shape index (κ2) is 57.4. The zero-order chi connectivity index (χ0) is 54.9. The number of phosphoric acid groups is 1. The topological polar surface area (TPSA) is 111 Å². The summed E-state index contributed by atoms with van der Waals surface area (Å²) in [7, 11) is 1.19. The smallest absolute Gasteiger partial charge is 0.306 e. The maximum absolute atomic E-state index is 12.8. The van der Waals surface area contributed by atoms with Crippen molar-refractivity contribution in [2.75, 3.05) is 47.5 Å². The fourth-order valence-electron chi connectivity index (χ4n) is 9.95. The molecule has 446 valence electrons. The summed E-state index contributed by atoms with van der Waals surface area (Å²) in [6, 6.07) is 0. The molecule has 2 unspecified atom stereocenters. The van der Waals surface area contributed by atoms with Crippen LogP contribution < -0.4 is 4.89 Å². The summed E-state index contributed by atoms with van der Waals surface area (Å²) >= 11 is 0. The zero-order valence-corrected chi connectivity index (χ0v) is 51.7. The average Bonchev–Trinajstić information content (AvgIpc) is 3.37. The summed E-state index contributed by atoms with van der Waals surface area (Å²) < 4.78 is 34.3. The fraction of sp³-hybridized carbons (Fsp3) is 0.938. The Morgan fingerprint density at radius 3 is 0.987 bits per heavy atom. The predicted molar refractivity (Wildman–Crippen MR) is 319 cm³/mol. The molecule has 0 radical (unpaired) electrons. The van der Waals surface area contributed by atoms with Crippen LogP contribution in [0.1, 0.15) is 341 Å². The van der Waals surface area contributed by atoms with Gasteiger partial charge in [-0.3, -0.25) is 14.2 Å². The van der Waals surface area contributed by atoms with Crippen LogP contribution in [0.2, 0.25) is 0 Å². The number of esters is 2. The SMILES string of the molecule is CCCCCCCCCC/C=C\CCCCCCCCCCCCCC(=O)OC(COC(=O)CCCCCCCCCCCCCCCCCCCCCCCCCCCCCC)COP(=O)([O-])OCC[N+](C)(C)C. The third kappa shape index (κ3) is 61.8. The first-order valence-electron chi connectivity index (χ1n) is 32.9. The highest BCUT2D eigenvalue weighted by atomic mass is 31.2. The maximum atomic E-state index is 12.8. The van der Waals surface area contributed by atoms with E-state index in [0.717, 1.165) is 38.5 Å². The van der Waals surface area contributed by atoms with Gasteiger partial charge in [0.1, 0.15) is 19.8 Å². The third-order valence-electron chi connectivity index (χ3n) is 15.0. The van der Waals surface area contributed by atoms with Crippen LogP contribution in [0.3, 0.4) is 0 Å². The van der Waals surface area contributed by atoms with Crippen LogP contribution in [0.15, 0.2) is 12.2 Å². The third-order valence-corrected chi connectivity index (χ3v) is 16.0. The Kier molecular flexibility index (Phi) is 56.5. The number of nitrogens with zero attached hydrogens (tertiary/aromatic N) is 1. The van der Waals surface area contributed by atoms with Crippen molar-refractivity contribution in [3.8, 4) is 0 Å². The maximum Gasteiger partial charge on any atom is 0.306 e. The number of carbonyl (C=O) groups is 2. The molecular formula is C65H128NO8P. The lowest BCUT2D eigenvalue weighted by molar-refractivity contribution is -0.870. The fourth-order valence-corrected chi connectivity index (χ4v) is 10.7. The number of ether oxygens (including phenoxy) is 2. The molecule has 0 aromatic rings. The van der Waals surface area contributed by atoms with E-state index in [4.69, 9.17) is 18.5 Å². The first kappa shape index (κ1) is 73.8. The summed E-state index contributed by atoms with van der Waals surface area (Å²) in [6.07, 6.45) is 68.5. The van der Waals surface area contributed by atoms with E-state index < -0.39 is 26.5 Å². The molecule has 0 aliphatic carbocycles. The minimum Gasteiger partial charge on any atom is -0.756 e. The molecule has 2 atom stereocenters. The van der Waals surface area contributed by atoms with Gasteiger partial charge in [0.25, 0.3) is 7.82 Å². The van der Waals surface area contributed by atoms with Crippen molar-refractivity contribution >= 4 is 19.8 Å². The van der Waals surface area contributed by atoms with Gasteiger partial charge in [-0.2, -0.15) is 0 Å². The predicted octanol–water partition coefficient (Wildman–Crippen LogP) is 20.1. The number of carbonyl (C=O) groups excluding carboxylic acids is 2. The highest BCUT2D eigenvalue weighted by Gasteiger charge is 2.22. The molecule has 0 spiro atoms. The number of rotatable bonds is 62. The van der Waals surface area contributed by atoms with Gasteiger partial charge in [0, 0.05) is 12.8 Å². The van der Waals surface area contributed by atoms with E-state index >= 15 is 0 Å². The lowest BCUT2D eigenvalue weighted by Gasteiger charge is -2.28. The van der Waals surface area contributed by atoms with Crippen LogP contribution in [0.4, 0.5) is 0 Å². The Bertz CT molecular complexity index is 1270. The summed E-state index contributed by atoms with van der Waals surface area (Å²) in [5.74, 6) is -0.811. The second-order valence-corrected chi connectivity index (χ2v) is 25.3. The van der Waals surface area contributed by atoms with Gasteiger partial charge in [-0.15, -0.1) is 0 Å². The number of unbranched alkanes of at least 4 members (excludes halogenated alkanes) is 46. The number of hydrogen-bond donors (Lipinski definition) is 0. The quantitative estimate of drug-likeness (QED) is 0.0195. The van der Waals surface area contributed by atoms with Crippen molar-refractivity contribution in [1.82, 2.24) is 0 Å². The molecule has 0 aliphatic heterocycles. The van der Waals surface area contributed by atoms with Gasteiger partial charge in [-0.05, 0) is 38.5 Å². The van der Waals surface area contributed by atoms with E-state index in [1.165, 1.54) is 270 Å². The van der Waals surface area contributed by atoms with Crippen LogP contribution in [-0.4, -0.2) is 70.0 Å². The van der Waals surface area contributed by atoms with Crippen molar-refractivity contribution in [3.05, 3.63) is 12.2 Å². The van der Waals surface area contributed by atoms with Crippen molar-refractivity contribution in [2.45, 2.75) is 347 Å². The zero-order valence-electron chi connectivity index (χ0n) is 50.8. The van der Waals surface area contributed by atoms with E-state index in [1.54, 1.807) is 0 Å². The Labute approximate surface area is 466 Å². The molecule has 0 heterocycles. The molecule has 0 saturated heterocycles. The summed E-state index contributed by atoms with van der Waals surface area (Å²) in [6.45, 7) is 4.31. The summed E-state index contributed by atoms with van der Waals surface area (Å²) in [5.41, 5.74) is 0. The molecule has 0 fully saturated rings. The first-order chi connectivity index (χ1) is 36.5. The van der Waals surface area contributed by atoms with Crippen molar-refractivity contribution in [1.29, 1.82) is 0 Å². The molecule has 0 bridgehead atoms. The largest absolute Gasteiger partial charge is 0.756 e. The van der Waals surface area contributed by atoms with E-state index in [-0.39, 0.29) is 32.0 Å². The van der Waals surface area contributed by atoms with Gasteiger partial charge < -0.3 is 27.9 Å². The van der Waals surface area contributed by atoms with Gasteiger partial charge in [-0.25, -0.2) is 0 Å². The van der Waals surface area contributed by atoms with E-state index in [1.807, 2.05) is 21.1 Å². The summed E-state index contributed by atoms with van der Waals surface area (Å²) in [5, 5.41) is 0. The molecule has 10 heteroatoms. The number of allylic oxidation sites excluding steroid dienone is 2. The molecule has 0 saturated carbocycles. The Balaban J connectivity index is 4.02. The molecule has 9 nitrogen and oxygen atoms in total. The number of quaternary nitrogens is 1. The van der Waals surface area contributed by atoms with Gasteiger partial charge in [0.15, 0.2) is 6.10 Å². The minimum atomic E-state index is -4.63. The minimum absolute atomic E-state index is 0.0269. The standard InChI is InChI=1S/C65H128NO8P/c1-6-8-10-12-14-16-18-20-22-24-26-28-30-31-32-33-34-36-37-39-41-43-45-47-49-51-53-55-57-64(67)71-61-63(62-73-75(69,70)72-60-59-66(3,4)5)74-65(68)58-56-54-52-50-48-46-44-42-40-38-35-29-27-25-23-21-19-17-15-13-11-9-7-2/h25,27,63H,6-24,26,28-62H2,1-5H3/b27-25-. The molecule has 0 rings (SSSR count). The van der Waals surface area contributed by atoms with E-state index in [2.05, 4.69) is 26.0 Å². The van der Waals surface area contributed by atoms with Crippen LogP contribution in [0, 0.1) is 0 Å². The van der Waals surface area contributed by atoms with Crippen LogP contribution in [0.25, 0.3) is 0 Å². The van der Waals surface area contributed by atoms with Crippen LogP contribution >= 0.6 is 7.82 Å². The molecular weight excluding hydrogens is 954 g/mol. The number of likely N-dealkylation sites (N-methyl/N-ethyl adjacent to an activating group) is 1. The normalized spacial score (nSPS) is 13.2. The number of phosphoric ester groups is 1. The summed E-state index contributed by atoms with van der Waals surface area (Å²) in [4.78, 5) is 38.0. The molecule has 0 aromatic heterocycles. The van der Waals surface area contributed by atoms with Crippen LogP contribution in [0.5, 0.6) is 0 Å². The van der Waals surface area contributed by atoms with E-state index in [0.29, 0.717) is 17.4 Å². The molecule has 0 aromatic carbocycles. The Morgan fingerprint density at radius 1 is 0.400 bits per heavy atom. The lowest BCUT2D eigenvalue weighted by atomic mass is 10.0. The second-order valence-electron chi connectivity index (χ2n) is 23.8. The van der Waals surface area contributed by atoms with Gasteiger partial charge in [0.2, 0.25) is 0 Å². The monoisotopic (exact) mass is 1080 g/mol. The van der Waals surface area contributed by atoms with Crippen molar-refractivity contribution < 1.29 is 42.1 Å². The van der Waals surface area contributed by atoms with E-state index in [9.17, 15) is 19.0 Å². The van der Waals surface area contributed by atoms with Gasteiger partial charge in [-0.1, -0.05) is 302 Å². The molecule has 0 amide bonds. The van der Waals surface area contributed by atoms with Gasteiger partial charge in [0.05, 0.1) is 27.7 Å². The number of hydrogen-bond acceptors (Lipinski definition) is 8. The van der Waals surface area contributed by atoms with Crippen LogP contribution in [-0.2, 0) is 32.7 Å². The Morgan fingerprint density at radius 2 is 0.680 bits per heavy atom. The average molecular weight is 1080 g/mol. The van der Waals surface area contributed by atoms with Gasteiger partial charge >= 0.3 is 11.9 Å². The van der Waals surface area contributed by atoms with Crippen molar-refractivity contribution in [3.63, 3.8) is 0 Å². The molecule has 0 aliphatic rings.